The maximum absolute atomic E-state index is 13.0. The van der Waals surface area contributed by atoms with Crippen molar-refractivity contribution in [3.05, 3.63) is 87.4 Å². The van der Waals surface area contributed by atoms with E-state index in [1.807, 2.05) is 48.5 Å². The van der Waals surface area contributed by atoms with Gasteiger partial charge in [0.2, 0.25) is 0 Å². The van der Waals surface area contributed by atoms with Crippen LogP contribution in [-0.2, 0) is 0 Å². The summed E-state index contributed by atoms with van der Waals surface area (Å²) in [6, 6.07) is 20.4. The summed E-state index contributed by atoms with van der Waals surface area (Å²) in [4.78, 5) is 13.0. The van der Waals surface area contributed by atoms with E-state index in [0.29, 0.717) is 22.1 Å². The van der Waals surface area contributed by atoms with Gasteiger partial charge in [0.15, 0.2) is 17.3 Å². The van der Waals surface area contributed by atoms with Crippen LogP contribution in [0.15, 0.2) is 71.2 Å². The molecule has 0 bridgehead atoms. The molecule has 0 radical (unpaired) electrons. The highest BCUT2D eigenvalue weighted by Crippen LogP contribution is 2.30. The summed E-state index contributed by atoms with van der Waals surface area (Å²) in [5.41, 5.74) is 2.47. The van der Waals surface area contributed by atoms with Gasteiger partial charge >= 0.3 is 0 Å². The highest BCUT2D eigenvalue weighted by molar-refractivity contribution is 9.10. The number of ether oxygens (including phenoxy) is 2. The van der Waals surface area contributed by atoms with E-state index in [2.05, 4.69) is 21.2 Å². The van der Waals surface area contributed by atoms with Crippen LogP contribution in [0.5, 0.6) is 11.5 Å². The summed E-state index contributed by atoms with van der Waals surface area (Å²) in [5, 5.41) is 4.11. The number of hydrogen-bond donors (Lipinski definition) is 1. The van der Waals surface area contributed by atoms with Crippen LogP contribution in [-0.4, -0.2) is 20.0 Å². The molecule has 1 unspecified atom stereocenters. The smallest absolute Gasteiger partial charge is 0.165 e. The predicted molar refractivity (Wildman–Crippen MR) is 120 cm³/mol. The van der Waals surface area contributed by atoms with Crippen molar-refractivity contribution >= 4 is 39.0 Å². The Morgan fingerprint density at radius 1 is 0.966 bits per heavy atom. The Hall–Kier alpha value is -2.50. The van der Waals surface area contributed by atoms with Gasteiger partial charge in [-0.2, -0.15) is 0 Å². The average molecular weight is 475 g/mol. The van der Waals surface area contributed by atoms with Crippen molar-refractivity contribution in [2.45, 2.75) is 12.5 Å². The molecule has 150 valence electrons. The third kappa shape index (κ3) is 5.52. The van der Waals surface area contributed by atoms with Gasteiger partial charge in [0.25, 0.3) is 0 Å². The van der Waals surface area contributed by atoms with Gasteiger partial charge < -0.3 is 14.8 Å². The molecule has 0 saturated heterocycles. The molecule has 1 atom stereocenters. The van der Waals surface area contributed by atoms with Crippen molar-refractivity contribution in [2.24, 2.45) is 0 Å². The summed E-state index contributed by atoms with van der Waals surface area (Å²) < 4.78 is 11.6. The standard InChI is InChI=1S/C23H21BrClNO3/c1-28-22-12-5-16(13-23(22)29-2)21(27)14-20(15-3-6-17(24)7-4-15)26-19-10-8-18(25)9-11-19/h3-13,20,26H,14H2,1-2H3. The minimum Gasteiger partial charge on any atom is -0.493 e. The molecule has 0 fully saturated rings. The molecule has 0 aromatic heterocycles. The zero-order valence-electron chi connectivity index (χ0n) is 16.1. The normalized spacial score (nSPS) is 11.6. The first kappa shape index (κ1) is 21.2. The first-order chi connectivity index (χ1) is 14.0. The predicted octanol–water partition coefficient (Wildman–Crippen LogP) is 6.55. The van der Waals surface area contributed by atoms with E-state index in [1.54, 1.807) is 32.4 Å². The van der Waals surface area contributed by atoms with Crippen LogP contribution in [0.4, 0.5) is 5.69 Å². The number of anilines is 1. The highest BCUT2D eigenvalue weighted by atomic mass is 79.9. The van der Waals surface area contributed by atoms with Crippen LogP contribution < -0.4 is 14.8 Å². The quantitative estimate of drug-likeness (QED) is 0.376. The number of carbonyl (C=O) groups excluding carboxylic acids is 1. The van der Waals surface area contributed by atoms with Crippen molar-refractivity contribution in [1.29, 1.82) is 0 Å². The summed E-state index contributed by atoms with van der Waals surface area (Å²) in [5.74, 6) is 1.12. The SMILES string of the molecule is COc1ccc(C(=O)CC(Nc2ccc(Cl)cc2)c2ccc(Br)cc2)cc1OC. The number of carbonyl (C=O) groups is 1. The molecule has 3 rings (SSSR count). The third-order valence-electron chi connectivity index (χ3n) is 4.55. The highest BCUT2D eigenvalue weighted by Gasteiger charge is 2.19. The Morgan fingerprint density at radius 2 is 1.62 bits per heavy atom. The number of benzene rings is 3. The molecule has 0 aliphatic heterocycles. The summed E-state index contributed by atoms with van der Waals surface area (Å²) in [7, 11) is 3.12. The molecule has 0 heterocycles. The molecule has 3 aromatic carbocycles. The van der Waals surface area contributed by atoms with Crippen LogP contribution in [0.3, 0.4) is 0 Å². The van der Waals surface area contributed by atoms with Crippen molar-refractivity contribution in [2.75, 3.05) is 19.5 Å². The Balaban J connectivity index is 1.86. The van der Waals surface area contributed by atoms with E-state index in [0.717, 1.165) is 15.7 Å². The number of rotatable bonds is 8. The Kier molecular flexibility index (Phi) is 7.18. The van der Waals surface area contributed by atoms with Crippen LogP contribution in [0, 0.1) is 0 Å². The Labute approximate surface area is 183 Å². The lowest BCUT2D eigenvalue weighted by Crippen LogP contribution is -2.16. The van der Waals surface area contributed by atoms with Crippen LogP contribution in [0.25, 0.3) is 0 Å². The zero-order valence-corrected chi connectivity index (χ0v) is 18.5. The van der Waals surface area contributed by atoms with Gasteiger partial charge in [-0.25, -0.2) is 0 Å². The minimum absolute atomic E-state index is 0.000311. The Morgan fingerprint density at radius 3 is 2.24 bits per heavy atom. The number of Topliss-reactive ketones (excluding diaryl/α,β-unsaturated/α-hetero) is 1. The number of halogens is 2. The maximum Gasteiger partial charge on any atom is 0.165 e. The molecule has 0 spiro atoms. The lowest BCUT2D eigenvalue weighted by Gasteiger charge is -2.20. The molecular formula is C23H21BrClNO3. The monoisotopic (exact) mass is 473 g/mol. The van der Waals surface area contributed by atoms with E-state index >= 15 is 0 Å². The second-order valence-electron chi connectivity index (χ2n) is 6.45. The van der Waals surface area contributed by atoms with Crippen LogP contribution >= 0.6 is 27.5 Å². The van der Waals surface area contributed by atoms with Crippen molar-refractivity contribution < 1.29 is 14.3 Å². The number of methoxy groups -OCH3 is 2. The molecule has 1 N–H and O–H groups in total. The second-order valence-corrected chi connectivity index (χ2v) is 7.80. The molecule has 6 heteroatoms. The van der Waals surface area contributed by atoms with Gasteiger partial charge in [-0.05, 0) is 60.2 Å². The fraction of sp³-hybridized carbons (Fsp3) is 0.174. The fourth-order valence-corrected chi connectivity index (χ4v) is 3.40. The number of hydrogen-bond acceptors (Lipinski definition) is 4. The van der Waals surface area contributed by atoms with Gasteiger partial charge in [-0.3, -0.25) is 4.79 Å². The average Bonchev–Trinajstić information content (AvgIpc) is 2.74. The first-order valence-corrected chi connectivity index (χ1v) is 10.2. The maximum atomic E-state index is 13.0. The lowest BCUT2D eigenvalue weighted by molar-refractivity contribution is 0.0976. The van der Waals surface area contributed by atoms with Gasteiger partial charge in [-0.1, -0.05) is 39.7 Å². The number of ketones is 1. The first-order valence-electron chi connectivity index (χ1n) is 9.03. The second kappa shape index (κ2) is 9.81. The van der Waals surface area contributed by atoms with Crippen molar-refractivity contribution in [1.82, 2.24) is 0 Å². The van der Waals surface area contributed by atoms with Crippen LogP contribution in [0.2, 0.25) is 5.02 Å². The lowest BCUT2D eigenvalue weighted by atomic mass is 9.97. The summed E-state index contributed by atoms with van der Waals surface area (Å²) in [6.45, 7) is 0. The molecule has 0 saturated carbocycles. The van der Waals surface area contributed by atoms with Gasteiger partial charge in [-0.15, -0.1) is 0 Å². The molecule has 4 nitrogen and oxygen atoms in total. The van der Waals surface area contributed by atoms with E-state index in [4.69, 9.17) is 21.1 Å². The molecule has 3 aromatic rings. The molecule has 29 heavy (non-hydrogen) atoms. The molecule has 0 aliphatic rings. The third-order valence-corrected chi connectivity index (χ3v) is 5.33. The van der Waals surface area contributed by atoms with Gasteiger partial charge in [0.1, 0.15) is 0 Å². The van der Waals surface area contributed by atoms with Crippen molar-refractivity contribution in [3.63, 3.8) is 0 Å². The van der Waals surface area contributed by atoms with E-state index in [1.165, 1.54) is 0 Å². The van der Waals surface area contributed by atoms with Crippen molar-refractivity contribution in [3.8, 4) is 11.5 Å². The molecular weight excluding hydrogens is 454 g/mol. The van der Waals surface area contributed by atoms with Crippen LogP contribution in [0.1, 0.15) is 28.4 Å². The van der Waals surface area contributed by atoms with E-state index in [-0.39, 0.29) is 18.2 Å². The summed E-state index contributed by atoms with van der Waals surface area (Å²) in [6.07, 6.45) is 0.278. The zero-order chi connectivity index (χ0) is 20.8. The van der Waals surface area contributed by atoms with Gasteiger partial charge in [0.05, 0.1) is 20.3 Å². The topological polar surface area (TPSA) is 47.6 Å². The van der Waals surface area contributed by atoms with Gasteiger partial charge in [0, 0.05) is 27.2 Å². The number of nitrogens with one attached hydrogen (secondary N) is 1. The molecule has 0 aliphatic carbocycles. The van der Waals surface area contributed by atoms with E-state index < -0.39 is 0 Å². The fourth-order valence-electron chi connectivity index (χ4n) is 3.01. The summed E-state index contributed by atoms with van der Waals surface area (Å²) >= 11 is 9.45. The van der Waals surface area contributed by atoms with E-state index in [9.17, 15) is 4.79 Å². The largest absolute Gasteiger partial charge is 0.493 e. The molecule has 0 amide bonds. The Bertz CT molecular complexity index is 974. The minimum atomic E-state index is -0.204.